The number of piperazine rings is 1. The van der Waals surface area contributed by atoms with E-state index >= 15 is 0 Å². The number of hydrogen-bond acceptors (Lipinski definition) is 3. The summed E-state index contributed by atoms with van der Waals surface area (Å²) in [5.74, 6) is -0.310. The van der Waals surface area contributed by atoms with Gasteiger partial charge in [-0.05, 0) is 48.2 Å². The topological polar surface area (TPSA) is 52.7 Å². The average molecular weight is 564 g/mol. The van der Waals surface area contributed by atoms with E-state index in [0.29, 0.717) is 44.7 Å². The van der Waals surface area contributed by atoms with Gasteiger partial charge in [0.2, 0.25) is 11.8 Å². The Hall–Kier alpha value is -3.81. The van der Waals surface area contributed by atoms with Crippen LogP contribution in [0.5, 0.6) is 0 Å². The van der Waals surface area contributed by atoms with Gasteiger partial charge in [-0.15, -0.1) is 0 Å². The summed E-state index contributed by atoms with van der Waals surface area (Å²) in [6.07, 6.45) is -0.134. The molecule has 3 aromatic carbocycles. The molecular formula is C33H36F3N3O2. The van der Waals surface area contributed by atoms with Crippen molar-refractivity contribution in [1.82, 2.24) is 10.2 Å². The maximum Gasteiger partial charge on any atom is 0.416 e. The highest BCUT2D eigenvalue weighted by atomic mass is 19.4. The first-order valence-corrected chi connectivity index (χ1v) is 14.4. The number of alkyl halides is 3. The number of nitrogens with one attached hydrogen (secondary N) is 1. The first-order chi connectivity index (χ1) is 19.7. The summed E-state index contributed by atoms with van der Waals surface area (Å²) < 4.78 is 38.9. The molecular weight excluding hydrogens is 527 g/mol. The van der Waals surface area contributed by atoms with Crippen molar-refractivity contribution < 1.29 is 22.8 Å². The highest BCUT2D eigenvalue weighted by Gasteiger charge is 2.44. The second kappa shape index (κ2) is 12.4. The minimum Gasteiger partial charge on any atom is -0.368 e. The fraction of sp³-hybridized carbons (Fsp3) is 0.394. The van der Waals surface area contributed by atoms with Gasteiger partial charge >= 0.3 is 6.18 Å². The number of benzene rings is 3. The van der Waals surface area contributed by atoms with Crippen LogP contribution < -0.4 is 10.2 Å². The molecule has 0 radical (unpaired) electrons. The molecule has 5 rings (SSSR count). The summed E-state index contributed by atoms with van der Waals surface area (Å²) in [6, 6.07) is 25.1. The van der Waals surface area contributed by atoms with Crippen LogP contribution in [0.2, 0.25) is 0 Å². The van der Waals surface area contributed by atoms with Gasteiger partial charge in [-0.25, -0.2) is 0 Å². The Balaban J connectivity index is 1.27. The second-order valence-corrected chi connectivity index (χ2v) is 11.1. The van der Waals surface area contributed by atoms with Gasteiger partial charge in [-0.2, -0.15) is 13.2 Å². The van der Waals surface area contributed by atoms with Crippen molar-refractivity contribution >= 4 is 17.5 Å². The van der Waals surface area contributed by atoms with Crippen LogP contribution in [0.25, 0.3) is 0 Å². The van der Waals surface area contributed by atoms with Crippen molar-refractivity contribution in [3.8, 4) is 0 Å². The summed E-state index contributed by atoms with van der Waals surface area (Å²) in [5, 5.41) is 3.21. The van der Waals surface area contributed by atoms with Crippen molar-refractivity contribution in [2.45, 2.75) is 56.2 Å². The van der Waals surface area contributed by atoms with Crippen LogP contribution in [0.4, 0.5) is 18.9 Å². The van der Waals surface area contributed by atoms with Crippen LogP contribution in [0.1, 0.15) is 61.1 Å². The number of nitrogens with zero attached hydrogens (tertiary/aromatic N) is 2. The predicted octanol–water partition coefficient (Wildman–Crippen LogP) is 6.40. The monoisotopic (exact) mass is 563 g/mol. The third kappa shape index (κ3) is 6.75. The van der Waals surface area contributed by atoms with E-state index in [1.54, 1.807) is 0 Å². The van der Waals surface area contributed by atoms with Crippen LogP contribution in [-0.2, 0) is 15.8 Å². The average Bonchev–Trinajstić information content (AvgIpc) is 3.00. The van der Waals surface area contributed by atoms with Crippen LogP contribution in [0.15, 0.2) is 84.9 Å². The first-order valence-electron chi connectivity index (χ1n) is 14.4. The van der Waals surface area contributed by atoms with E-state index in [1.807, 2.05) is 70.5 Å². The van der Waals surface area contributed by atoms with E-state index < -0.39 is 17.3 Å². The molecule has 3 aromatic rings. The lowest BCUT2D eigenvalue weighted by molar-refractivity contribution is -0.144. The Morgan fingerprint density at radius 2 is 1.29 bits per heavy atom. The number of rotatable bonds is 7. The van der Waals surface area contributed by atoms with Crippen molar-refractivity contribution in [3.05, 3.63) is 102 Å². The summed E-state index contributed by atoms with van der Waals surface area (Å²) in [4.78, 5) is 31.4. The summed E-state index contributed by atoms with van der Waals surface area (Å²) in [6.45, 7) is 1.94. The number of anilines is 1. The van der Waals surface area contributed by atoms with Gasteiger partial charge in [-0.3, -0.25) is 9.59 Å². The Morgan fingerprint density at radius 1 is 0.756 bits per heavy atom. The lowest BCUT2D eigenvalue weighted by Gasteiger charge is -2.43. The van der Waals surface area contributed by atoms with Crippen LogP contribution >= 0.6 is 0 Å². The molecule has 1 aliphatic heterocycles. The second-order valence-electron chi connectivity index (χ2n) is 11.1. The third-order valence-electron chi connectivity index (χ3n) is 8.42. The molecule has 0 atom stereocenters. The Labute approximate surface area is 239 Å². The van der Waals surface area contributed by atoms with Gasteiger partial charge in [0.25, 0.3) is 0 Å². The number of hydrogen-bond donors (Lipinski definition) is 1. The van der Waals surface area contributed by atoms with Crippen LogP contribution in [-0.4, -0.2) is 48.4 Å². The van der Waals surface area contributed by atoms with E-state index in [9.17, 15) is 22.8 Å². The van der Waals surface area contributed by atoms with E-state index in [1.165, 1.54) is 12.1 Å². The van der Waals surface area contributed by atoms with E-state index in [0.717, 1.165) is 42.5 Å². The van der Waals surface area contributed by atoms with E-state index in [2.05, 4.69) is 5.32 Å². The highest BCUT2D eigenvalue weighted by molar-refractivity contribution is 5.92. The third-order valence-corrected chi connectivity index (χ3v) is 8.42. The minimum atomic E-state index is -4.37. The molecule has 0 spiro atoms. The van der Waals surface area contributed by atoms with Crippen molar-refractivity contribution in [3.63, 3.8) is 0 Å². The Bertz CT molecular complexity index is 1260. The SMILES string of the molecule is O=C(CC(c1ccccc1)c1ccccc1)NC1(C(=O)N2CCN(c3ccc(C(F)(F)F)cc3)CC2)CCCCC1. The van der Waals surface area contributed by atoms with Gasteiger partial charge < -0.3 is 15.1 Å². The molecule has 41 heavy (non-hydrogen) atoms. The molecule has 0 unspecified atom stereocenters. The molecule has 1 saturated heterocycles. The molecule has 1 aliphatic carbocycles. The summed E-state index contributed by atoms with van der Waals surface area (Å²) >= 11 is 0. The van der Waals surface area contributed by atoms with Crippen molar-refractivity contribution in [1.29, 1.82) is 0 Å². The molecule has 0 bridgehead atoms. The zero-order chi connectivity index (χ0) is 28.9. The summed E-state index contributed by atoms with van der Waals surface area (Å²) in [7, 11) is 0. The molecule has 5 nitrogen and oxygen atoms in total. The van der Waals surface area contributed by atoms with Gasteiger partial charge in [0.05, 0.1) is 5.56 Å². The normalized spacial score (nSPS) is 17.4. The molecule has 2 amide bonds. The number of amides is 2. The number of carbonyl (C=O) groups is 2. The smallest absolute Gasteiger partial charge is 0.368 e. The number of halogens is 3. The maximum absolute atomic E-state index is 14.0. The predicted molar refractivity (Wildman–Crippen MR) is 154 cm³/mol. The van der Waals surface area contributed by atoms with E-state index in [4.69, 9.17) is 0 Å². The molecule has 1 heterocycles. The first kappa shape index (κ1) is 28.7. The lowest BCUT2D eigenvalue weighted by Crippen LogP contribution is -2.63. The fourth-order valence-electron chi connectivity index (χ4n) is 6.18. The molecule has 2 fully saturated rings. The Kier molecular flexibility index (Phi) is 8.66. The maximum atomic E-state index is 14.0. The molecule has 216 valence electrons. The van der Waals surface area contributed by atoms with Gasteiger partial charge in [0.1, 0.15) is 5.54 Å². The van der Waals surface area contributed by atoms with E-state index in [-0.39, 0.29) is 24.2 Å². The zero-order valence-corrected chi connectivity index (χ0v) is 23.1. The van der Waals surface area contributed by atoms with Crippen LogP contribution in [0.3, 0.4) is 0 Å². The van der Waals surface area contributed by atoms with Gasteiger partial charge in [-0.1, -0.05) is 79.9 Å². The minimum absolute atomic E-state index is 0.0476. The summed E-state index contributed by atoms with van der Waals surface area (Å²) in [5.41, 5.74) is 1.21. The van der Waals surface area contributed by atoms with Gasteiger partial charge in [0, 0.05) is 44.2 Å². The molecule has 8 heteroatoms. The van der Waals surface area contributed by atoms with Crippen molar-refractivity contribution in [2.75, 3.05) is 31.1 Å². The molecule has 0 aromatic heterocycles. The Morgan fingerprint density at radius 3 is 1.80 bits per heavy atom. The largest absolute Gasteiger partial charge is 0.416 e. The molecule has 1 N–H and O–H groups in total. The quantitative estimate of drug-likeness (QED) is 0.362. The molecule has 2 aliphatic rings. The van der Waals surface area contributed by atoms with Crippen molar-refractivity contribution in [2.24, 2.45) is 0 Å². The number of carbonyl (C=O) groups excluding carboxylic acids is 2. The standard InChI is InChI=1S/C33H36F3N3O2/c34-33(35,36)27-14-16-28(17-15-27)38-20-22-39(23-21-38)31(41)32(18-8-3-9-19-32)37-30(40)24-29(25-10-4-1-5-11-25)26-12-6-2-7-13-26/h1-2,4-7,10-17,29H,3,8-9,18-24H2,(H,37,40). The van der Waals surface area contributed by atoms with Gasteiger partial charge in [0.15, 0.2) is 0 Å². The zero-order valence-electron chi connectivity index (χ0n) is 23.1. The lowest BCUT2D eigenvalue weighted by atomic mass is 9.79. The molecule has 1 saturated carbocycles. The van der Waals surface area contributed by atoms with Crippen LogP contribution in [0, 0.1) is 0 Å². The highest BCUT2D eigenvalue weighted by Crippen LogP contribution is 2.34. The fourth-order valence-corrected chi connectivity index (χ4v) is 6.18.